The lowest BCUT2D eigenvalue weighted by molar-refractivity contribution is -1.07. The third kappa shape index (κ3) is 3.48. The topological polar surface area (TPSA) is 9.23 Å². The maximum absolute atomic E-state index is 5.32. The van der Waals surface area contributed by atoms with Crippen molar-refractivity contribution in [2.45, 2.75) is 13.3 Å². The van der Waals surface area contributed by atoms with Gasteiger partial charge in [-0.25, -0.2) is 4.84 Å². The van der Waals surface area contributed by atoms with E-state index in [2.05, 4.69) is 45.3 Å². The molecule has 0 aliphatic carbocycles. The van der Waals surface area contributed by atoms with Crippen molar-refractivity contribution >= 4 is 0 Å². The van der Waals surface area contributed by atoms with E-state index in [1.165, 1.54) is 11.1 Å². The molecule has 0 saturated heterocycles. The number of quaternary nitrogens is 1. The predicted molar refractivity (Wildman–Crippen MR) is 58.9 cm³/mol. The van der Waals surface area contributed by atoms with Gasteiger partial charge in [-0.2, -0.15) is 4.65 Å². The fourth-order valence-corrected chi connectivity index (χ4v) is 1.24. The van der Waals surface area contributed by atoms with Gasteiger partial charge in [-0.05, 0) is 12.5 Å². The smallest absolute Gasteiger partial charge is 0.112 e. The van der Waals surface area contributed by atoms with Gasteiger partial charge in [0.05, 0.1) is 21.2 Å². The van der Waals surface area contributed by atoms with E-state index in [0.717, 1.165) is 13.0 Å². The molecule has 0 radical (unpaired) electrons. The van der Waals surface area contributed by atoms with Gasteiger partial charge in [0, 0.05) is 6.42 Å². The average molecular weight is 194 g/mol. The van der Waals surface area contributed by atoms with Crippen molar-refractivity contribution in [1.29, 1.82) is 0 Å². The first-order valence-corrected chi connectivity index (χ1v) is 4.98. The Balaban J connectivity index is 2.50. The highest BCUT2D eigenvalue weighted by atomic mass is 16.7. The number of aryl methyl sites for hydroxylation is 1. The second-order valence-corrected chi connectivity index (χ2v) is 4.22. The minimum Gasteiger partial charge on any atom is -0.207 e. The quantitative estimate of drug-likeness (QED) is 0.527. The highest BCUT2D eigenvalue weighted by Crippen LogP contribution is 2.06. The molecule has 1 rings (SSSR count). The molecule has 0 heterocycles. The number of hydrogen-bond acceptors (Lipinski definition) is 1. The monoisotopic (exact) mass is 194 g/mol. The Kier molecular flexibility index (Phi) is 3.67. The fraction of sp³-hybridized carbons (Fsp3) is 0.500. The first kappa shape index (κ1) is 11.2. The summed E-state index contributed by atoms with van der Waals surface area (Å²) < 4.78 is 0.605. The minimum absolute atomic E-state index is 0.605. The summed E-state index contributed by atoms with van der Waals surface area (Å²) in [5.41, 5.74) is 2.69. The average Bonchev–Trinajstić information content (AvgIpc) is 2.17. The molecular weight excluding hydrogens is 174 g/mol. The van der Waals surface area contributed by atoms with E-state index in [1.807, 2.05) is 0 Å². The number of nitrogens with zero attached hydrogens (tertiary/aromatic N) is 1. The Morgan fingerprint density at radius 2 is 1.71 bits per heavy atom. The second-order valence-electron chi connectivity index (χ2n) is 4.22. The Hall–Kier alpha value is -0.860. The summed E-state index contributed by atoms with van der Waals surface area (Å²) in [4.78, 5) is 5.32. The molecule has 0 aromatic heterocycles. The molecular formula is C12H20NO+. The van der Waals surface area contributed by atoms with Gasteiger partial charge in [0.15, 0.2) is 0 Å². The second kappa shape index (κ2) is 4.58. The number of hydroxylamine groups is 3. The van der Waals surface area contributed by atoms with Gasteiger partial charge >= 0.3 is 0 Å². The molecule has 1 aromatic rings. The van der Waals surface area contributed by atoms with E-state index < -0.39 is 0 Å². The first-order valence-electron chi connectivity index (χ1n) is 4.98. The summed E-state index contributed by atoms with van der Waals surface area (Å²) >= 11 is 0. The largest absolute Gasteiger partial charge is 0.207 e. The first-order chi connectivity index (χ1) is 6.53. The van der Waals surface area contributed by atoms with Crippen LogP contribution in [0.1, 0.15) is 11.1 Å². The molecule has 0 saturated carbocycles. The molecule has 0 amide bonds. The van der Waals surface area contributed by atoms with Crippen LogP contribution >= 0.6 is 0 Å². The standard InChI is InChI=1S/C12H20NO/c1-11-5-7-12(8-6-11)9-10-13(2,3)14-4/h5-8H,9-10H2,1-4H3/q+1. The van der Waals surface area contributed by atoms with Crippen LogP contribution in [0, 0.1) is 6.92 Å². The van der Waals surface area contributed by atoms with E-state index in [4.69, 9.17) is 4.84 Å². The lowest BCUT2D eigenvalue weighted by Crippen LogP contribution is -2.39. The number of rotatable bonds is 4. The minimum atomic E-state index is 0.605. The Bertz CT molecular complexity index is 277. The lowest BCUT2D eigenvalue weighted by atomic mass is 10.1. The molecule has 14 heavy (non-hydrogen) atoms. The van der Waals surface area contributed by atoms with Crippen LogP contribution in [0.2, 0.25) is 0 Å². The van der Waals surface area contributed by atoms with Crippen molar-refractivity contribution in [2.24, 2.45) is 0 Å². The Morgan fingerprint density at radius 1 is 1.14 bits per heavy atom. The zero-order valence-corrected chi connectivity index (χ0v) is 9.58. The highest BCUT2D eigenvalue weighted by molar-refractivity contribution is 5.21. The van der Waals surface area contributed by atoms with E-state index in [1.54, 1.807) is 7.11 Å². The van der Waals surface area contributed by atoms with Crippen LogP contribution in [0.4, 0.5) is 0 Å². The van der Waals surface area contributed by atoms with Gasteiger partial charge in [0.25, 0.3) is 0 Å². The Morgan fingerprint density at radius 3 is 2.21 bits per heavy atom. The third-order valence-corrected chi connectivity index (χ3v) is 2.55. The molecule has 0 aliphatic rings. The van der Waals surface area contributed by atoms with Gasteiger partial charge in [-0.1, -0.05) is 29.8 Å². The van der Waals surface area contributed by atoms with Crippen molar-refractivity contribution in [2.75, 3.05) is 27.7 Å². The zero-order valence-electron chi connectivity index (χ0n) is 9.58. The highest BCUT2D eigenvalue weighted by Gasteiger charge is 2.13. The summed E-state index contributed by atoms with van der Waals surface area (Å²) in [6, 6.07) is 8.68. The van der Waals surface area contributed by atoms with Crippen molar-refractivity contribution in [3.63, 3.8) is 0 Å². The summed E-state index contributed by atoms with van der Waals surface area (Å²) in [5, 5.41) is 0. The summed E-state index contributed by atoms with van der Waals surface area (Å²) in [5.74, 6) is 0. The summed E-state index contributed by atoms with van der Waals surface area (Å²) in [6.07, 6.45) is 1.06. The molecule has 0 fully saturated rings. The van der Waals surface area contributed by atoms with Crippen LogP contribution in [-0.4, -0.2) is 32.4 Å². The SMILES string of the molecule is CO[N+](C)(C)CCc1ccc(C)cc1. The van der Waals surface area contributed by atoms with E-state index in [-0.39, 0.29) is 0 Å². The third-order valence-electron chi connectivity index (χ3n) is 2.55. The van der Waals surface area contributed by atoms with Crippen LogP contribution < -0.4 is 0 Å². The zero-order chi connectivity index (χ0) is 10.6. The predicted octanol–water partition coefficient (Wildman–Crippen LogP) is 2.18. The van der Waals surface area contributed by atoms with Gasteiger partial charge in [0.2, 0.25) is 0 Å². The lowest BCUT2D eigenvalue weighted by Gasteiger charge is -2.24. The van der Waals surface area contributed by atoms with Crippen LogP contribution in [0.15, 0.2) is 24.3 Å². The van der Waals surface area contributed by atoms with Crippen molar-refractivity contribution < 1.29 is 9.48 Å². The van der Waals surface area contributed by atoms with Crippen molar-refractivity contribution in [1.82, 2.24) is 0 Å². The molecule has 2 heteroatoms. The van der Waals surface area contributed by atoms with Crippen molar-refractivity contribution in [3.8, 4) is 0 Å². The van der Waals surface area contributed by atoms with Gasteiger partial charge in [-0.15, -0.1) is 0 Å². The number of hydrogen-bond donors (Lipinski definition) is 0. The summed E-state index contributed by atoms with van der Waals surface area (Å²) in [6.45, 7) is 3.11. The molecule has 1 aromatic carbocycles. The van der Waals surface area contributed by atoms with Crippen LogP contribution in [0.5, 0.6) is 0 Å². The van der Waals surface area contributed by atoms with Gasteiger partial charge in [0.1, 0.15) is 6.54 Å². The van der Waals surface area contributed by atoms with Crippen LogP contribution in [0.25, 0.3) is 0 Å². The molecule has 0 unspecified atom stereocenters. The van der Waals surface area contributed by atoms with Gasteiger partial charge in [-0.3, -0.25) is 0 Å². The van der Waals surface area contributed by atoms with Crippen LogP contribution in [-0.2, 0) is 11.3 Å². The molecule has 0 spiro atoms. The van der Waals surface area contributed by atoms with E-state index in [0.29, 0.717) is 4.65 Å². The van der Waals surface area contributed by atoms with E-state index >= 15 is 0 Å². The molecule has 2 nitrogen and oxygen atoms in total. The normalized spacial score (nSPS) is 11.7. The molecule has 0 atom stereocenters. The molecule has 0 aliphatic heterocycles. The molecule has 78 valence electrons. The number of benzene rings is 1. The maximum Gasteiger partial charge on any atom is 0.112 e. The fourth-order valence-electron chi connectivity index (χ4n) is 1.24. The van der Waals surface area contributed by atoms with Crippen LogP contribution in [0.3, 0.4) is 0 Å². The van der Waals surface area contributed by atoms with Gasteiger partial charge < -0.3 is 0 Å². The number of likely N-dealkylation sites (N-methyl/N-ethyl adjacent to an activating group) is 1. The van der Waals surface area contributed by atoms with Crippen molar-refractivity contribution in [3.05, 3.63) is 35.4 Å². The molecule has 0 bridgehead atoms. The van der Waals surface area contributed by atoms with E-state index in [9.17, 15) is 0 Å². The Labute approximate surface area is 86.7 Å². The maximum atomic E-state index is 5.32. The summed E-state index contributed by atoms with van der Waals surface area (Å²) in [7, 11) is 5.87. The molecule has 0 N–H and O–H groups in total.